The number of hydrogen-bond donors (Lipinski definition) is 1. The SMILES string of the molecule is CCCOc1ncc(I)cc1-c1nc2c(CC)n(CC(=O)OC(C)(C)C)nc2c(=O)[nH]1. The smallest absolute Gasteiger partial charge is 0.328 e. The molecule has 31 heavy (non-hydrogen) atoms. The minimum atomic E-state index is -0.606. The van der Waals surface area contributed by atoms with Crippen molar-refractivity contribution < 1.29 is 14.3 Å². The summed E-state index contributed by atoms with van der Waals surface area (Å²) in [5, 5.41) is 4.34. The third-order valence-corrected chi connectivity index (χ3v) is 4.84. The minimum Gasteiger partial charge on any atom is -0.477 e. The number of esters is 1. The number of halogens is 1. The van der Waals surface area contributed by atoms with Crippen LogP contribution in [0.25, 0.3) is 22.4 Å². The third kappa shape index (κ3) is 5.41. The molecule has 3 heterocycles. The maximum Gasteiger partial charge on any atom is 0.328 e. The van der Waals surface area contributed by atoms with Crippen molar-refractivity contribution in [2.24, 2.45) is 0 Å². The molecule has 0 amide bonds. The Bertz CT molecular complexity index is 1160. The van der Waals surface area contributed by atoms with Crippen molar-refractivity contribution in [2.75, 3.05) is 6.61 Å². The molecule has 0 atom stereocenters. The molecule has 0 radical (unpaired) electrons. The van der Waals surface area contributed by atoms with E-state index in [1.165, 1.54) is 4.68 Å². The van der Waals surface area contributed by atoms with Crippen molar-refractivity contribution in [1.82, 2.24) is 24.7 Å². The van der Waals surface area contributed by atoms with Crippen molar-refractivity contribution in [1.29, 1.82) is 0 Å². The highest BCUT2D eigenvalue weighted by Crippen LogP contribution is 2.28. The first kappa shape index (κ1) is 23.2. The van der Waals surface area contributed by atoms with E-state index in [1.54, 1.807) is 27.0 Å². The number of carbonyl (C=O) groups excluding carboxylic acids is 1. The van der Waals surface area contributed by atoms with Gasteiger partial charge in [-0.05, 0) is 62.3 Å². The van der Waals surface area contributed by atoms with E-state index in [0.717, 1.165) is 9.99 Å². The van der Waals surface area contributed by atoms with Crippen molar-refractivity contribution in [3.8, 4) is 17.3 Å². The van der Waals surface area contributed by atoms with Crippen molar-refractivity contribution in [2.45, 2.75) is 59.6 Å². The number of carbonyl (C=O) groups is 1. The largest absolute Gasteiger partial charge is 0.477 e. The number of aromatic amines is 1. The molecule has 0 aliphatic heterocycles. The Morgan fingerprint density at radius 1 is 1.26 bits per heavy atom. The summed E-state index contributed by atoms with van der Waals surface area (Å²) < 4.78 is 13.5. The number of nitrogens with one attached hydrogen (secondary N) is 1. The Labute approximate surface area is 193 Å². The van der Waals surface area contributed by atoms with Crippen LogP contribution in [0, 0.1) is 3.57 Å². The van der Waals surface area contributed by atoms with Crippen LogP contribution in [-0.4, -0.2) is 42.9 Å². The number of hydrogen-bond acceptors (Lipinski definition) is 7. The number of aryl methyl sites for hydroxylation is 1. The van der Waals surface area contributed by atoms with E-state index in [4.69, 9.17) is 9.47 Å². The van der Waals surface area contributed by atoms with E-state index in [0.29, 0.717) is 41.5 Å². The topological polar surface area (TPSA) is 112 Å². The van der Waals surface area contributed by atoms with Gasteiger partial charge in [-0.25, -0.2) is 9.97 Å². The molecule has 166 valence electrons. The zero-order chi connectivity index (χ0) is 22.8. The summed E-state index contributed by atoms with van der Waals surface area (Å²) >= 11 is 2.15. The Kier molecular flexibility index (Phi) is 6.97. The van der Waals surface area contributed by atoms with Crippen LogP contribution in [0.3, 0.4) is 0 Å². The normalized spacial score (nSPS) is 11.7. The second-order valence-electron chi connectivity index (χ2n) is 8.01. The number of fused-ring (bicyclic) bond motifs is 1. The number of pyridine rings is 1. The van der Waals surface area contributed by atoms with Crippen LogP contribution in [0.1, 0.15) is 46.7 Å². The fourth-order valence-corrected chi connectivity index (χ4v) is 3.53. The van der Waals surface area contributed by atoms with Gasteiger partial charge < -0.3 is 14.5 Å². The predicted molar refractivity (Wildman–Crippen MR) is 125 cm³/mol. The molecule has 10 heteroatoms. The molecule has 0 fully saturated rings. The standard InChI is InChI=1S/C21H26IN5O4/c1-6-8-30-20-13(9-12(22)10-23-20)18-24-16-14(7-2)27(26-17(16)19(29)25-18)11-15(28)31-21(3,4)5/h9-10H,6-8,11H2,1-5H3,(H,24,25,29). The van der Waals surface area contributed by atoms with E-state index in [2.05, 4.69) is 42.6 Å². The van der Waals surface area contributed by atoms with Crippen LogP contribution in [0.5, 0.6) is 5.88 Å². The van der Waals surface area contributed by atoms with Crippen LogP contribution in [0.4, 0.5) is 0 Å². The van der Waals surface area contributed by atoms with Crippen LogP contribution >= 0.6 is 22.6 Å². The van der Waals surface area contributed by atoms with Crippen LogP contribution in [0.2, 0.25) is 0 Å². The van der Waals surface area contributed by atoms with Gasteiger partial charge in [-0.3, -0.25) is 14.3 Å². The van der Waals surface area contributed by atoms with Gasteiger partial charge in [0.15, 0.2) is 5.52 Å². The van der Waals surface area contributed by atoms with Gasteiger partial charge in [0.2, 0.25) is 5.88 Å². The van der Waals surface area contributed by atoms with E-state index < -0.39 is 17.1 Å². The van der Waals surface area contributed by atoms with E-state index >= 15 is 0 Å². The first-order chi connectivity index (χ1) is 14.6. The predicted octanol–water partition coefficient (Wildman–Crippen LogP) is 3.48. The van der Waals surface area contributed by atoms with Crippen molar-refractivity contribution in [3.05, 3.63) is 31.9 Å². The maximum atomic E-state index is 12.8. The molecule has 3 aromatic rings. The van der Waals surface area contributed by atoms with Crippen molar-refractivity contribution >= 4 is 39.6 Å². The van der Waals surface area contributed by atoms with Gasteiger partial charge in [-0.1, -0.05) is 13.8 Å². The lowest BCUT2D eigenvalue weighted by atomic mass is 10.2. The summed E-state index contributed by atoms with van der Waals surface area (Å²) in [5.41, 5.74) is 0.914. The summed E-state index contributed by atoms with van der Waals surface area (Å²) in [6, 6.07) is 1.86. The number of nitrogens with zero attached hydrogens (tertiary/aromatic N) is 4. The highest BCUT2D eigenvalue weighted by atomic mass is 127. The molecule has 0 saturated carbocycles. The Morgan fingerprint density at radius 2 is 2.00 bits per heavy atom. The van der Waals surface area contributed by atoms with Crippen LogP contribution in [-0.2, 0) is 22.5 Å². The molecule has 3 aromatic heterocycles. The van der Waals surface area contributed by atoms with E-state index in [-0.39, 0.29) is 12.1 Å². The van der Waals surface area contributed by atoms with Gasteiger partial charge in [0, 0.05) is 9.77 Å². The highest BCUT2D eigenvalue weighted by Gasteiger charge is 2.22. The molecular formula is C21H26IN5O4. The van der Waals surface area contributed by atoms with Crippen molar-refractivity contribution in [3.63, 3.8) is 0 Å². The monoisotopic (exact) mass is 539 g/mol. The summed E-state index contributed by atoms with van der Waals surface area (Å²) in [7, 11) is 0. The quantitative estimate of drug-likeness (QED) is 0.362. The third-order valence-electron chi connectivity index (χ3n) is 4.25. The number of aromatic nitrogens is 5. The Morgan fingerprint density at radius 3 is 2.65 bits per heavy atom. The second-order valence-corrected chi connectivity index (χ2v) is 9.26. The highest BCUT2D eigenvalue weighted by molar-refractivity contribution is 14.1. The average Bonchev–Trinajstić information content (AvgIpc) is 3.02. The van der Waals surface area contributed by atoms with Gasteiger partial charge in [-0.2, -0.15) is 5.10 Å². The molecule has 1 N–H and O–H groups in total. The van der Waals surface area contributed by atoms with Gasteiger partial charge in [0.05, 0.1) is 17.9 Å². The molecule has 0 saturated heterocycles. The fourth-order valence-electron chi connectivity index (χ4n) is 3.08. The zero-order valence-electron chi connectivity index (χ0n) is 18.3. The zero-order valence-corrected chi connectivity index (χ0v) is 20.4. The Balaban J connectivity index is 2.09. The molecule has 0 unspecified atom stereocenters. The molecule has 0 aliphatic rings. The summed E-state index contributed by atoms with van der Waals surface area (Å²) in [4.78, 5) is 37.0. The van der Waals surface area contributed by atoms with E-state index in [9.17, 15) is 9.59 Å². The molecule has 0 aromatic carbocycles. The maximum absolute atomic E-state index is 12.8. The summed E-state index contributed by atoms with van der Waals surface area (Å²) in [6.45, 7) is 9.74. The van der Waals surface area contributed by atoms with Gasteiger partial charge in [0.1, 0.15) is 23.5 Å². The molecule has 9 nitrogen and oxygen atoms in total. The van der Waals surface area contributed by atoms with Gasteiger partial charge in [0.25, 0.3) is 5.56 Å². The van der Waals surface area contributed by atoms with E-state index in [1.807, 2.05) is 19.9 Å². The fraction of sp³-hybridized carbons (Fsp3) is 0.476. The molecule has 0 aliphatic carbocycles. The first-order valence-corrected chi connectivity index (χ1v) is 11.2. The number of H-pyrrole nitrogens is 1. The Hall–Kier alpha value is -2.50. The second kappa shape index (κ2) is 9.33. The lowest BCUT2D eigenvalue weighted by Crippen LogP contribution is -2.27. The molecule has 3 rings (SSSR count). The van der Waals surface area contributed by atoms with Gasteiger partial charge >= 0.3 is 5.97 Å². The first-order valence-electron chi connectivity index (χ1n) is 10.1. The lowest BCUT2D eigenvalue weighted by Gasteiger charge is -2.19. The lowest BCUT2D eigenvalue weighted by molar-refractivity contribution is -0.155. The number of rotatable bonds is 7. The van der Waals surface area contributed by atoms with Crippen LogP contribution < -0.4 is 10.3 Å². The minimum absolute atomic E-state index is 0.0960. The molecule has 0 bridgehead atoms. The summed E-state index contributed by atoms with van der Waals surface area (Å²) in [5.74, 6) is 0.328. The van der Waals surface area contributed by atoms with Gasteiger partial charge in [-0.15, -0.1) is 0 Å². The average molecular weight is 539 g/mol. The molecular weight excluding hydrogens is 513 g/mol. The summed E-state index contributed by atoms with van der Waals surface area (Å²) in [6.07, 6.45) is 3.06. The number of ether oxygens (including phenoxy) is 2. The molecule has 0 spiro atoms. The van der Waals surface area contributed by atoms with Crippen LogP contribution in [0.15, 0.2) is 17.1 Å².